The van der Waals surface area contributed by atoms with Crippen molar-refractivity contribution in [3.63, 3.8) is 0 Å². The highest BCUT2D eigenvalue weighted by molar-refractivity contribution is 7.99. The Morgan fingerprint density at radius 2 is 2.38 bits per heavy atom. The van der Waals surface area contributed by atoms with Gasteiger partial charge in [0.1, 0.15) is 0 Å². The van der Waals surface area contributed by atoms with Crippen LogP contribution in [0.1, 0.15) is 13.3 Å². The number of nitrogens with zero attached hydrogens (tertiary/aromatic N) is 3. The minimum absolute atomic E-state index is 0.159. The van der Waals surface area contributed by atoms with Crippen molar-refractivity contribution in [3.8, 4) is 6.01 Å². The number of nitrogens with one attached hydrogen (secondary N) is 1. The zero-order valence-electron chi connectivity index (χ0n) is 8.94. The van der Waals surface area contributed by atoms with E-state index in [1.807, 2.05) is 18.7 Å². The minimum Gasteiger partial charge on any atom is -0.464 e. The van der Waals surface area contributed by atoms with E-state index < -0.39 is 0 Å². The number of aromatic nitrogens is 3. The van der Waals surface area contributed by atoms with E-state index in [1.54, 1.807) is 0 Å². The molecule has 7 heteroatoms. The van der Waals surface area contributed by atoms with Crippen LogP contribution < -0.4 is 10.1 Å². The molecule has 1 atom stereocenters. The lowest BCUT2D eigenvalue weighted by Gasteiger charge is -2.11. The molecular formula is C9H13ClN4OS. The highest BCUT2D eigenvalue weighted by atomic mass is 35.5. The molecule has 2 heterocycles. The SMILES string of the molecule is CCOc1nc(Cl)nc(NC2CCSC2)n1. The number of ether oxygens (including phenoxy) is 1. The zero-order valence-corrected chi connectivity index (χ0v) is 10.5. The van der Waals surface area contributed by atoms with E-state index in [9.17, 15) is 0 Å². The lowest BCUT2D eigenvalue weighted by Crippen LogP contribution is -2.20. The highest BCUT2D eigenvalue weighted by Gasteiger charge is 2.17. The van der Waals surface area contributed by atoms with Crippen molar-refractivity contribution >= 4 is 29.3 Å². The Morgan fingerprint density at radius 1 is 1.50 bits per heavy atom. The average Bonchev–Trinajstić information content (AvgIpc) is 2.70. The van der Waals surface area contributed by atoms with Crippen molar-refractivity contribution in [2.24, 2.45) is 0 Å². The highest BCUT2D eigenvalue weighted by Crippen LogP contribution is 2.21. The molecule has 1 unspecified atom stereocenters. The van der Waals surface area contributed by atoms with Gasteiger partial charge in [0.05, 0.1) is 6.61 Å². The van der Waals surface area contributed by atoms with Gasteiger partial charge in [-0.15, -0.1) is 0 Å². The molecule has 1 aromatic heterocycles. The predicted molar refractivity (Wildman–Crippen MR) is 65.4 cm³/mol. The first-order valence-corrected chi connectivity index (χ1v) is 6.70. The van der Waals surface area contributed by atoms with E-state index in [4.69, 9.17) is 16.3 Å². The molecular weight excluding hydrogens is 248 g/mol. The quantitative estimate of drug-likeness (QED) is 0.892. The van der Waals surface area contributed by atoms with Crippen molar-refractivity contribution in [2.75, 3.05) is 23.4 Å². The zero-order chi connectivity index (χ0) is 11.4. The van der Waals surface area contributed by atoms with Crippen molar-refractivity contribution in [2.45, 2.75) is 19.4 Å². The van der Waals surface area contributed by atoms with E-state index in [0.717, 1.165) is 12.2 Å². The number of halogens is 1. The van der Waals surface area contributed by atoms with Gasteiger partial charge in [-0.05, 0) is 30.7 Å². The summed E-state index contributed by atoms with van der Waals surface area (Å²) in [5.41, 5.74) is 0. The second kappa shape index (κ2) is 5.54. The molecule has 0 aromatic carbocycles. The van der Waals surface area contributed by atoms with Crippen molar-refractivity contribution < 1.29 is 4.74 Å². The Kier molecular flexibility index (Phi) is 4.06. The Morgan fingerprint density at radius 3 is 3.06 bits per heavy atom. The van der Waals surface area contributed by atoms with E-state index >= 15 is 0 Å². The van der Waals surface area contributed by atoms with E-state index in [1.165, 1.54) is 5.75 Å². The van der Waals surface area contributed by atoms with Crippen LogP contribution in [0.4, 0.5) is 5.95 Å². The monoisotopic (exact) mass is 260 g/mol. The molecule has 1 aliphatic heterocycles. The van der Waals surface area contributed by atoms with Crippen LogP contribution in [0.3, 0.4) is 0 Å². The summed E-state index contributed by atoms with van der Waals surface area (Å²) in [6.45, 7) is 2.39. The first-order chi connectivity index (χ1) is 7.78. The fourth-order valence-corrected chi connectivity index (χ4v) is 2.73. The molecule has 16 heavy (non-hydrogen) atoms. The third kappa shape index (κ3) is 3.12. The summed E-state index contributed by atoms with van der Waals surface area (Å²) in [6, 6.07) is 0.689. The fraction of sp³-hybridized carbons (Fsp3) is 0.667. The topological polar surface area (TPSA) is 59.9 Å². The number of rotatable bonds is 4. The molecule has 0 radical (unpaired) electrons. The molecule has 1 saturated heterocycles. The first-order valence-electron chi connectivity index (χ1n) is 5.16. The molecule has 0 amide bonds. The maximum Gasteiger partial charge on any atom is 0.322 e. The molecule has 0 aliphatic carbocycles. The summed E-state index contributed by atoms with van der Waals surface area (Å²) in [5, 5.41) is 3.39. The van der Waals surface area contributed by atoms with Crippen molar-refractivity contribution in [3.05, 3.63) is 5.28 Å². The minimum atomic E-state index is 0.159. The van der Waals surface area contributed by atoms with Crippen LogP contribution in [0.2, 0.25) is 5.28 Å². The predicted octanol–water partition coefficient (Wildman–Crippen LogP) is 1.84. The van der Waals surface area contributed by atoms with Gasteiger partial charge in [0, 0.05) is 11.8 Å². The van der Waals surface area contributed by atoms with Crippen LogP contribution in [0.25, 0.3) is 0 Å². The Labute approximate surface area is 103 Å². The van der Waals surface area contributed by atoms with Gasteiger partial charge in [0.2, 0.25) is 11.2 Å². The number of thioether (sulfide) groups is 1. The molecule has 1 aromatic rings. The molecule has 1 fully saturated rings. The lowest BCUT2D eigenvalue weighted by atomic mass is 10.3. The third-order valence-corrected chi connectivity index (χ3v) is 3.46. The molecule has 0 bridgehead atoms. The van der Waals surface area contributed by atoms with Gasteiger partial charge in [0.15, 0.2) is 0 Å². The van der Waals surface area contributed by atoms with Gasteiger partial charge in [-0.3, -0.25) is 0 Å². The summed E-state index contributed by atoms with van der Waals surface area (Å²) in [5.74, 6) is 2.75. The molecule has 1 N–H and O–H groups in total. The molecule has 88 valence electrons. The summed E-state index contributed by atoms with van der Waals surface area (Å²) in [4.78, 5) is 12.0. The molecule has 0 spiro atoms. The summed E-state index contributed by atoms with van der Waals surface area (Å²) >= 11 is 7.71. The van der Waals surface area contributed by atoms with Gasteiger partial charge < -0.3 is 10.1 Å². The molecule has 0 saturated carbocycles. The first kappa shape index (κ1) is 11.7. The lowest BCUT2D eigenvalue weighted by molar-refractivity contribution is 0.312. The number of hydrogen-bond acceptors (Lipinski definition) is 6. The second-order valence-electron chi connectivity index (χ2n) is 3.35. The second-order valence-corrected chi connectivity index (χ2v) is 4.84. The summed E-state index contributed by atoms with van der Waals surface area (Å²) < 4.78 is 5.20. The smallest absolute Gasteiger partial charge is 0.322 e. The summed E-state index contributed by atoms with van der Waals surface area (Å²) in [6.07, 6.45) is 1.12. The maximum atomic E-state index is 5.78. The Bertz CT molecular complexity index is 359. The van der Waals surface area contributed by atoms with Crippen molar-refractivity contribution in [1.29, 1.82) is 0 Å². The van der Waals surface area contributed by atoms with Crippen molar-refractivity contribution in [1.82, 2.24) is 15.0 Å². The van der Waals surface area contributed by atoms with E-state index in [0.29, 0.717) is 18.6 Å². The molecule has 1 aliphatic rings. The van der Waals surface area contributed by atoms with Gasteiger partial charge in [-0.2, -0.15) is 26.7 Å². The third-order valence-electron chi connectivity index (χ3n) is 2.12. The summed E-state index contributed by atoms with van der Waals surface area (Å²) in [7, 11) is 0. The van der Waals surface area contributed by atoms with Crippen LogP contribution in [-0.4, -0.2) is 39.1 Å². The van der Waals surface area contributed by atoms with Gasteiger partial charge in [-0.25, -0.2) is 0 Å². The average molecular weight is 261 g/mol. The Balaban J connectivity index is 2.06. The van der Waals surface area contributed by atoms with E-state index in [2.05, 4.69) is 20.3 Å². The largest absolute Gasteiger partial charge is 0.464 e. The standard InChI is InChI=1S/C9H13ClN4OS/c1-2-15-9-13-7(10)12-8(14-9)11-6-3-4-16-5-6/h6H,2-5H2,1H3,(H,11,12,13,14). The number of anilines is 1. The van der Waals surface area contributed by atoms with Crippen LogP contribution >= 0.6 is 23.4 Å². The molecule has 5 nitrogen and oxygen atoms in total. The molecule has 2 rings (SSSR count). The van der Waals surface area contributed by atoms with Gasteiger partial charge >= 0.3 is 6.01 Å². The fourth-order valence-electron chi connectivity index (χ4n) is 1.42. The van der Waals surface area contributed by atoms with Crippen LogP contribution in [-0.2, 0) is 0 Å². The Hall–Kier alpha value is -0.750. The van der Waals surface area contributed by atoms with Gasteiger partial charge in [0.25, 0.3) is 0 Å². The maximum absolute atomic E-state index is 5.78. The van der Waals surface area contributed by atoms with Crippen LogP contribution in [0.15, 0.2) is 0 Å². The van der Waals surface area contributed by atoms with Crippen LogP contribution in [0, 0.1) is 0 Å². The number of hydrogen-bond donors (Lipinski definition) is 1. The normalized spacial score (nSPS) is 19.8. The van der Waals surface area contributed by atoms with E-state index in [-0.39, 0.29) is 11.3 Å². The van der Waals surface area contributed by atoms with Crippen LogP contribution in [0.5, 0.6) is 6.01 Å². The van der Waals surface area contributed by atoms with Gasteiger partial charge in [-0.1, -0.05) is 0 Å².